The van der Waals surface area contributed by atoms with Crippen LogP contribution in [-0.4, -0.2) is 31.8 Å². The highest BCUT2D eigenvalue weighted by Gasteiger charge is 2.48. The number of rotatable bonds is 4. The van der Waals surface area contributed by atoms with Gasteiger partial charge in [0.05, 0.1) is 13.2 Å². The Morgan fingerprint density at radius 1 is 1.30 bits per heavy atom. The fourth-order valence-electron chi connectivity index (χ4n) is 2.86. The van der Waals surface area contributed by atoms with E-state index in [4.69, 9.17) is 9.47 Å². The van der Waals surface area contributed by atoms with Crippen molar-refractivity contribution in [3.63, 3.8) is 0 Å². The van der Waals surface area contributed by atoms with E-state index in [1.807, 2.05) is 0 Å². The van der Waals surface area contributed by atoms with Gasteiger partial charge >= 0.3 is 5.97 Å². The summed E-state index contributed by atoms with van der Waals surface area (Å²) in [6, 6.07) is 5.94. The van der Waals surface area contributed by atoms with E-state index < -0.39 is 5.54 Å². The number of benzene rings is 1. The van der Waals surface area contributed by atoms with E-state index in [0.717, 1.165) is 19.3 Å². The average molecular weight is 281 g/mol. The molecule has 0 aromatic heterocycles. The molecule has 0 amide bonds. The van der Waals surface area contributed by atoms with Crippen molar-refractivity contribution < 1.29 is 18.7 Å². The Labute approximate surface area is 118 Å². The molecule has 1 N–H and O–H groups in total. The number of esters is 1. The van der Waals surface area contributed by atoms with Gasteiger partial charge in [0.15, 0.2) is 5.54 Å². The van der Waals surface area contributed by atoms with Crippen molar-refractivity contribution in [3.8, 4) is 0 Å². The number of halogens is 1. The second-order valence-electron chi connectivity index (χ2n) is 5.06. The van der Waals surface area contributed by atoms with Crippen LogP contribution in [0.3, 0.4) is 0 Å². The number of nitrogens with one attached hydrogen (secondary N) is 1. The van der Waals surface area contributed by atoms with Gasteiger partial charge in [0.2, 0.25) is 0 Å². The van der Waals surface area contributed by atoms with Crippen molar-refractivity contribution in [2.24, 2.45) is 0 Å². The molecular formula is C15H20FNO3. The number of anilines is 1. The summed E-state index contributed by atoms with van der Waals surface area (Å²) in [5.74, 6) is -0.650. The minimum absolute atomic E-state index is 0.256. The first-order valence-corrected chi connectivity index (χ1v) is 6.77. The monoisotopic (exact) mass is 281 g/mol. The van der Waals surface area contributed by atoms with Crippen molar-refractivity contribution in [2.45, 2.75) is 37.3 Å². The Balaban J connectivity index is 2.31. The summed E-state index contributed by atoms with van der Waals surface area (Å²) in [5.41, 5.74) is -0.222. The van der Waals surface area contributed by atoms with Crippen molar-refractivity contribution in [1.82, 2.24) is 0 Å². The summed E-state index contributed by atoms with van der Waals surface area (Å²) in [7, 11) is 2.97. The lowest BCUT2D eigenvalue weighted by atomic mass is 9.78. The highest BCUT2D eigenvalue weighted by molar-refractivity contribution is 5.85. The maximum Gasteiger partial charge on any atom is 0.334 e. The Morgan fingerprint density at radius 2 is 2.00 bits per heavy atom. The summed E-state index contributed by atoms with van der Waals surface area (Å²) in [6.07, 6.45) is 3.11. The Morgan fingerprint density at radius 3 is 2.60 bits per heavy atom. The van der Waals surface area contributed by atoms with E-state index in [-0.39, 0.29) is 17.9 Å². The summed E-state index contributed by atoms with van der Waals surface area (Å²) < 4.78 is 23.4. The zero-order valence-electron chi connectivity index (χ0n) is 11.8. The van der Waals surface area contributed by atoms with Crippen LogP contribution < -0.4 is 5.32 Å². The van der Waals surface area contributed by atoms with Gasteiger partial charge in [0.25, 0.3) is 0 Å². The highest BCUT2D eigenvalue weighted by Crippen LogP contribution is 2.35. The Kier molecular flexibility index (Phi) is 4.60. The van der Waals surface area contributed by atoms with Gasteiger partial charge in [0.1, 0.15) is 5.82 Å². The Bertz CT molecular complexity index is 463. The molecular weight excluding hydrogens is 261 g/mol. The van der Waals surface area contributed by atoms with Gasteiger partial charge in [-0.25, -0.2) is 9.18 Å². The van der Waals surface area contributed by atoms with Crippen molar-refractivity contribution >= 4 is 11.7 Å². The number of methoxy groups -OCH3 is 2. The fraction of sp³-hybridized carbons (Fsp3) is 0.533. The summed E-state index contributed by atoms with van der Waals surface area (Å²) in [6.45, 7) is 0. The number of ether oxygens (including phenoxy) is 2. The van der Waals surface area contributed by atoms with Crippen LogP contribution in [0, 0.1) is 5.82 Å². The molecule has 4 nitrogen and oxygen atoms in total. The molecule has 2 unspecified atom stereocenters. The van der Waals surface area contributed by atoms with E-state index >= 15 is 0 Å². The summed E-state index contributed by atoms with van der Waals surface area (Å²) in [5, 5.41) is 3.21. The van der Waals surface area contributed by atoms with Gasteiger partial charge in [-0.3, -0.25) is 0 Å². The van der Waals surface area contributed by atoms with Crippen LogP contribution in [-0.2, 0) is 14.3 Å². The van der Waals surface area contributed by atoms with Gasteiger partial charge < -0.3 is 14.8 Å². The third-order valence-corrected chi connectivity index (χ3v) is 3.88. The zero-order chi connectivity index (χ0) is 14.6. The number of hydrogen-bond donors (Lipinski definition) is 1. The van der Waals surface area contributed by atoms with Crippen LogP contribution in [0.2, 0.25) is 0 Å². The first-order valence-electron chi connectivity index (χ1n) is 6.77. The van der Waals surface area contributed by atoms with E-state index in [0.29, 0.717) is 12.1 Å². The molecule has 0 spiro atoms. The number of carbonyl (C=O) groups excluding carboxylic acids is 1. The molecule has 1 aromatic carbocycles. The molecule has 5 heteroatoms. The third kappa shape index (κ3) is 2.77. The lowest BCUT2D eigenvalue weighted by Gasteiger charge is -2.41. The first kappa shape index (κ1) is 14.8. The van der Waals surface area contributed by atoms with Crippen LogP contribution in [0.4, 0.5) is 10.1 Å². The molecule has 0 radical (unpaired) electrons. The summed E-state index contributed by atoms with van der Waals surface area (Å²) in [4.78, 5) is 12.3. The lowest BCUT2D eigenvalue weighted by molar-refractivity contribution is -0.153. The first-order chi connectivity index (χ1) is 9.62. The van der Waals surface area contributed by atoms with Crippen LogP contribution in [0.5, 0.6) is 0 Å². The zero-order valence-corrected chi connectivity index (χ0v) is 11.8. The highest BCUT2D eigenvalue weighted by atomic mass is 19.1. The predicted molar refractivity (Wildman–Crippen MR) is 74.0 cm³/mol. The van der Waals surface area contributed by atoms with Gasteiger partial charge in [-0.2, -0.15) is 0 Å². The molecule has 2 rings (SSSR count). The van der Waals surface area contributed by atoms with E-state index in [1.54, 1.807) is 19.2 Å². The third-order valence-electron chi connectivity index (χ3n) is 3.88. The minimum Gasteiger partial charge on any atom is -0.467 e. The second-order valence-corrected chi connectivity index (χ2v) is 5.06. The maximum atomic E-state index is 13.0. The van der Waals surface area contributed by atoms with Crippen molar-refractivity contribution in [3.05, 3.63) is 30.1 Å². The molecule has 0 bridgehead atoms. The maximum absolute atomic E-state index is 13.0. The van der Waals surface area contributed by atoms with Crippen LogP contribution in [0.1, 0.15) is 25.7 Å². The number of hydrogen-bond acceptors (Lipinski definition) is 4. The molecule has 1 aliphatic carbocycles. The molecule has 0 aliphatic heterocycles. The summed E-state index contributed by atoms with van der Waals surface area (Å²) >= 11 is 0. The molecule has 1 saturated carbocycles. The predicted octanol–water partition coefficient (Wildman–Crippen LogP) is 2.74. The van der Waals surface area contributed by atoms with Crippen LogP contribution in [0.15, 0.2) is 24.3 Å². The van der Waals surface area contributed by atoms with E-state index in [2.05, 4.69) is 5.32 Å². The molecule has 1 aliphatic rings. The smallest absolute Gasteiger partial charge is 0.334 e. The SMILES string of the molecule is COC(=O)C1(Nc2ccc(F)cc2)CCCCC1OC. The van der Waals surface area contributed by atoms with Crippen molar-refractivity contribution in [1.29, 1.82) is 0 Å². The van der Waals surface area contributed by atoms with Crippen LogP contribution in [0.25, 0.3) is 0 Å². The van der Waals surface area contributed by atoms with Gasteiger partial charge in [-0.1, -0.05) is 12.8 Å². The standard InChI is InChI=1S/C15H20FNO3/c1-19-13-5-3-4-10-15(13,14(18)20-2)17-12-8-6-11(16)7-9-12/h6-9,13,17H,3-5,10H2,1-2H3. The Hall–Kier alpha value is -1.62. The molecule has 20 heavy (non-hydrogen) atoms. The van der Waals surface area contributed by atoms with Crippen LogP contribution >= 0.6 is 0 Å². The van der Waals surface area contributed by atoms with Gasteiger partial charge in [-0.05, 0) is 37.1 Å². The second kappa shape index (κ2) is 6.22. The quantitative estimate of drug-likeness (QED) is 0.862. The normalized spacial score (nSPS) is 26.1. The largest absolute Gasteiger partial charge is 0.467 e. The fourth-order valence-corrected chi connectivity index (χ4v) is 2.86. The molecule has 110 valence electrons. The van der Waals surface area contributed by atoms with Crippen molar-refractivity contribution in [2.75, 3.05) is 19.5 Å². The molecule has 0 saturated heterocycles. The molecule has 1 fully saturated rings. The minimum atomic E-state index is -0.903. The molecule has 1 aromatic rings. The lowest BCUT2D eigenvalue weighted by Crippen LogP contribution is -2.58. The van der Waals surface area contributed by atoms with Gasteiger partial charge in [-0.15, -0.1) is 0 Å². The van der Waals surface area contributed by atoms with Gasteiger partial charge in [0, 0.05) is 12.8 Å². The average Bonchev–Trinajstić information content (AvgIpc) is 2.49. The molecule has 0 heterocycles. The topological polar surface area (TPSA) is 47.6 Å². The number of carbonyl (C=O) groups is 1. The van der Waals surface area contributed by atoms with E-state index in [1.165, 1.54) is 19.2 Å². The molecule has 2 atom stereocenters. The van der Waals surface area contributed by atoms with E-state index in [9.17, 15) is 9.18 Å².